The summed E-state index contributed by atoms with van der Waals surface area (Å²) in [6.07, 6.45) is -9.54. The van der Waals surface area contributed by atoms with Gasteiger partial charge < -0.3 is 23.7 Å². The van der Waals surface area contributed by atoms with Crippen molar-refractivity contribution in [2.24, 2.45) is 5.41 Å². The Morgan fingerprint density at radius 3 is 1.81 bits per heavy atom. The van der Waals surface area contributed by atoms with E-state index in [9.17, 15) is 44.3 Å². The summed E-state index contributed by atoms with van der Waals surface area (Å²) < 4.78 is 142. The highest BCUT2D eigenvalue weighted by molar-refractivity contribution is 5.91. The molecule has 0 saturated carbocycles. The Hall–Kier alpha value is -3.20. The van der Waals surface area contributed by atoms with Crippen LogP contribution in [0.2, 0.25) is 0 Å². The minimum atomic E-state index is -7.08. The van der Waals surface area contributed by atoms with Gasteiger partial charge in [0, 0.05) is 12.0 Å². The molecule has 0 amide bonds. The molecule has 0 bridgehead atoms. The van der Waals surface area contributed by atoms with E-state index in [0.29, 0.717) is 37.7 Å². The molecule has 2 aromatic rings. The number of hydrogen-bond donors (Lipinski definition) is 0. The lowest BCUT2D eigenvalue weighted by molar-refractivity contribution is -0.428. The van der Waals surface area contributed by atoms with E-state index in [-0.39, 0.29) is 16.7 Å². The van der Waals surface area contributed by atoms with Crippen molar-refractivity contribution in [2.75, 3.05) is 33.0 Å². The van der Waals surface area contributed by atoms with Crippen LogP contribution in [0.4, 0.5) is 39.5 Å². The molecule has 0 spiro atoms. The van der Waals surface area contributed by atoms with Crippen molar-refractivity contribution in [3.05, 3.63) is 54.1 Å². The number of esters is 1. The van der Waals surface area contributed by atoms with Crippen LogP contribution in [-0.4, -0.2) is 63.1 Å². The standard InChI is InChI=1S/C28H29F9O6/c1-24(17-40-18-24)16-39-14-4-2-3-5-15-41-20-8-6-19(7-9-20)23(38)42-21-10-12-22(13-11-21)43-28(36,37)26(31,32)25(29,30)27(33,34)35/h6-13H,2-5,14-18H2,1H3. The molecule has 0 N–H and O–H groups in total. The summed E-state index contributed by atoms with van der Waals surface area (Å²) in [4.78, 5) is 12.3. The predicted octanol–water partition coefficient (Wildman–Crippen LogP) is 7.70. The first-order valence-electron chi connectivity index (χ1n) is 13.1. The van der Waals surface area contributed by atoms with Gasteiger partial charge in [0.2, 0.25) is 0 Å². The Morgan fingerprint density at radius 1 is 0.744 bits per heavy atom. The Kier molecular flexibility index (Phi) is 10.9. The van der Waals surface area contributed by atoms with Crippen LogP contribution in [0, 0.1) is 5.41 Å². The van der Waals surface area contributed by atoms with E-state index in [1.807, 2.05) is 0 Å². The van der Waals surface area contributed by atoms with Gasteiger partial charge in [-0.2, -0.15) is 39.5 Å². The molecule has 6 nitrogen and oxygen atoms in total. The average Bonchev–Trinajstić information content (AvgIpc) is 2.91. The number of ether oxygens (including phenoxy) is 5. The summed E-state index contributed by atoms with van der Waals surface area (Å²) in [6, 6.07) is 8.44. The van der Waals surface area contributed by atoms with E-state index in [1.54, 1.807) is 0 Å². The summed E-state index contributed by atoms with van der Waals surface area (Å²) in [7, 11) is 0. The van der Waals surface area contributed by atoms with Gasteiger partial charge in [-0.15, -0.1) is 0 Å². The summed E-state index contributed by atoms with van der Waals surface area (Å²) in [5.41, 5.74) is 0.198. The number of carbonyl (C=O) groups is 1. The second kappa shape index (κ2) is 13.6. The van der Waals surface area contributed by atoms with Gasteiger partial charge in [-0.25, -0.2) is 4.79 Å². The van der Waals surface area contributed by atoms with E-state index in [0.717, 1.165) is 51.0 Å². The second-order valence-electron chi connectivity index (χ2n) is 10.3. The highest BCUT2D eigenvalue weighted by Crippen LogP contribution is 2.53. The van der Waals surface area contributed by atoms with Gasteiger partial charge in [0.15, 0.2) is 0 Å². The lowest BCUT2D eigenvalue weighted by Gasteiger charge is -2.37. The van der Waals surface area contributed by atoms with Crippen molar-refractivity contribution in [3.8, 4) is 17.2 Å². The van der Waals surface area contributed by atoms with Crippen LogP contribution in [0.15, 0.2) is 48.5 Å². The lowest BCUT2D eigenvalue weighted by Crippen LogP contribution is -2.62. The van der Waals surface area contributed by atoms with Gasteiger partial charge in [0.05, 0.1) is 32.0 Å². The fourth-order valence-corrected chi connectivity index (χ4v) is 3.70. The largest absolute Gasteiger partial charge is 0.494 e. The topological polar surface area (TPSA) is 63.2 Å². The molecule has 0 atom stereocenters. The molecule has 15 heteroatoms. The van der Waals surface area contributed by atoms with Crippen molar-refractivity contribution in [1.82, 2.24) is 0 Å². The van der Waals surface area contributed by atoms with Gasteiger partial charge in [-0.3, -0.25) is 0 Å². The van der Waals surface area contributed by atoms with Crippen LogP contribution in [0.3, 0.4) is 0 Å². The number of benzene rings is 2. The Labute approximate surface area is 241 Å². The molecule has 240 valence electrons. The molecule has 1 aliphatic rings. The molecule has 1 saturated heterocycles. The molecule has 1 aliphatic heterocycles. The molecule has 1 heterocycles. The van der Waals surface area contributed by atoms with Crippen LogP contribution >= 0.6 is 0 Å². The third-order valence-corrected chi connectivity index (χ3v) is 6.29. The first-order chi connectivity index (χ1) is 20.0. The number of rotatable bonds is 16. The average molecular weight is 633 g/mol. The summed E-state index contributed by atoms with van der Waals surface area (Å²) in [5, 5.41) is 0. The van der Waals surface area contributed by atoms with Crippen LogP contribution in [-0.2, 0) is 9.47 Å². The van der Waals surface area contributed by atoms with Crippen LogP contribution < -0.4 is 14.2 Å². The lowest BCUT2D eigenvalue weighted by atomic mass is 9.90. The first-order valence-corrected chi connectivity index (χ1v) is 13.1. The van der Waals surface area contributed by atoms with Crippen molar-refractivity contribution in [1.29, 1.82) is 0 Å². The molecule has 0 aliphatic carbocycles. The highest BCUT2D eigenvalue weighted by Gasteiger charge is 2.83. The van der Waals surface area contributed by atoms with Crippen LogP contribution in [0.1, 0.15) is 43.0 Å². The maximum atomic E-state index is 13.6. The van der Waals surface area contributed by atoms with Gasteiger partial charge >= 0.3 is 30.1 Å². The predicted molar refractivity (Wildman–Crippen MR) is 133 cm³/mol. The number of carbonyl (C=O) groups excluding carboxylic acids is 1. The van der Waals surface area contributed by atoms with Crippen molar-refractivity contribution in [2.45, 2.75) is 56.7 Å². The van der Waals surface area contributed by atoms with E-state index >= 15 is 0 Å². The molecule has 43 heavy (non-hydrogen) atoms. The van der Waals surface area contributed by atoms with E-state index in [2.05, 4.69) is 11.7 Å². The van der Waals surface area contributed by atoms with Crippen molar-refractivity contribution in [3.63, 3.8) is 0 Å². The molecule has 1 fully saturated rings. The van der Waals surface area contributed by atoms with Gasteiger partial charge in [-0.1, -0.05) is 13.3 Å². The minimum absolute atomic E-state index is 0.0653. The fourth-order valence-electron chi connectivity index (χ4n) is 3.70. The van der Waals surface area contributed by atoms with Gasteiger partial charge in [0.25, 0.3) is 0 Å². The number of alkyl halides is 9. The minimum Gasteiger partial charge on any atom is -0.494 e. The van der Waals surface area contributed by atoms with E-state index < -0.39 is 35.8 Å². The third-order valence-electron chi connectivity index (χ3n) is 6.29. The first kappa shape index (κ1) is 34.3. The number of unbranched alkanes of at least 4 members (excludes halogenated alkanes) is 3. The van der Waals surface area contributed by atoms with Crippen molar-refractivity contribution >= 4 is 5.97 Å². The molecule has 0 unspecified atom stereocenters. The molecular weight excluding hydrogens is 603 g/mol. The van der Waals surface area contributed by atoms with E-state index in [4.69, 9.17) is 18.9 Å². The zero-order chi connectivity index (χ0) is 31.9. The monoisotopic (exact) mass is 632 g/mol. The third kappa shape index (κ3) is 8.68. The molecule has 0 aromatic heterocycles. The second-order valence-corrected chi connectivity index (χ2v) is 10.3. The smallest absolute Gasteiger partial charge is 0.471 e. The summed E-state index contributed by atoms with van der Waals surface area (Å²) in [6.45, 7) is 5.41. The van der Waals surface area contributed by atoms with Gasteiger partial charge in [0.1, 0.15) is 17.2 Å². The molecule has 2 aromatic carbocycles. The van der Waals surface area contributed by atoms with E-state index in [1.165, 1.54) is 24.3 Å². The normalized spacial score (nSPS) is 15.5. The SMILES string of the molecule is CC1(COCCCCCCOc2ccc(C(=O)Oc3ccc(OC(F)(F)C(F)(F)C(F)(F)C(F)(F)F)cc3)cc2)COC1. The summed E-state index contributed by atoms with van der Waals surface area (Å²) in [5.74, 6) is -15.9. The zero-order valence-electron chi connectivity index (χ0n) is 22.8. The fraction of sp³-hybridized carbons (Fsp3) is 0.536. The molecule has 0 radical (unpaired) electrons. The van der Waals surface area contributed by atoms with Crippen molar-refractivity contribution < 1.29 is 68.0 Å². The Balaban J connectivity index is 1.39. The maximum absolute atomic E-state index is 13.6. The number of hydrogen-bond acceptors (Lipinski definition) is 6. The quantitative estimate of drug-likeness (QED) is 0.0818. The maximum Gasteiger partial charge on any atom is 0.471 e. The van der Waals surface area contributed by atoms with Crippen LogP contribution in [0.5, 0.6) is 17.2 Å². The Morgan fingerprint density at radius 2 is 1.28 bits per heavy atom. The Bertz CT molecular complexity index is 1180. The number of halogens is 9. The van der Waals surface area contributed by atoms with Gasteiger partial charge in [-0.05, 0) is 67.8 Å². The zero-order valence-corrected chi connectivity index (χ0v) is 22.8. The molecule has 3 rings (SSSR count). The highest BCUT2D eigenvalue weighted by atomic mass is 19.4. The van der Waals surface area contributed by atoms with Crippen LogP contribution in [0.25, 0.3) is 0 Å². The summed E-state index contributed by atoms with van der Waals surface area (Å²) >= 11 is 0. The molecular formula is C28H29F9O6.